The number of rotatable bonds is 6. The molecule has 0 aliphatic heterocycles. The van der Waals surface area contributed by atoms with E-state index in [0.717, 1.165) is 16.3 Å². The van der Waals surface area contributed by atoms with Gasteiger partial charge in [0.25, 0.3) is 5.91 Å². The highest BCUT2D eigenvalue weighted by Gasteiger charge is 2.12. The molecule has 2 rings (SSSR count). The number of nitrogens with two attached hydrogens (primary N) is 2. The fourth-order valence-electron chi connectivity index (χ4n) is 2.05. The molecule has 1 aromatic heterocycles. The topological polar surface area (TPSA) is 114 Å². The van der Waals surface area contributed by atoms with Crippen LogP contribution in [0.5, 0.6) is 5.75 Å². The zero-order chi connectivity index (χ0) is 18.4. The Morgan fingerprint density at radius 1 is 1.32 bits per heavy atom. The molecule has 1 heterocycles. The summed E-state index contributed by atoms with van der Waals surface area (Å²) in [4.78, 5) is 17.8. The first kappa shape index (κ1) is 18.5. The van der Waals surface area contributed by atoms with Gasteiger partial charge in [-0.05, 0) is 43.7 Å². The molecule has 0 atom stereocenters. The lowest BCUT2D eigenvalue weighted by Gasteiger charge is -2.07. The van der Waals surface area contributed by atoms with Crippen LogP contribution in [0.25, 0.3) is 10.6 Å². The second kappa shape index (κ2) is 8.34. The van der Waals surface area contributed by atoms with Crippen LogP contribution >= 0.6 is 11.3 Å². The summed E-state index contributed by atoms with van der Waals surface area (Å²) >= 11 is 1.54. The summed E-state index contributed by atoms with van der Waals surface area (Å²) in [6.07, 6.45) is 6.02. The third-order valence-corrected chi connectivity index (χ3v) is 4.53. The molecule has 0 saturated heterocycles. The van der Waals surface area contributed by atoms with Crippen molar-refractivity contribution in [2.24, 2.45) is 11.5 Å². The Kier molecular flexibility index (Phi) is 6.19. The Balaban J connectivity index is 2.14. The summed E-state index contributed by atoms with van der Waals surface area (Å²) in [7, 11) is 0. The number of phenolic OH excluding ortho intramolecular Hbond substituents is 1. The summed E-state index contributed by atoms with van der Waals surface area (Å²) in [6, 6.07) is 4.71. The number of amides is 1. The molecule has 132 valence electrons. The number of nitrogens with one attached hydrogen (secondary N) is 1. The summed E-state index contributed by atoms with van der Waals surface area (Å²) in [5.41, 5.74) is 13.5. The standard InChI is InChI=1S/C18H22N4O2S/c1-3-16-10-22-18(25-16)13-6-12(7-15(23)8-13)17(24)21-9-14(20)5-4-11(2)19/h4-8,10,23H,3,9,19-20H2,1-2H3,(H,21,24)/b11-4-,14-5-. The molecule has 7 heteroatoms. The fraction of sp³-hybridized carbons (Fsp3) is 0.222. The normalized spacial score (nSPS) is 12.2. The van der Waals surface area contributed by atoms with Gasteiger partial charge in [-0.2, -0.15) is 0 Å². The largest absolute Gasteiger partial charge is 0.508 e. The lowest BCUT2D eigenvalue weighted by atomic mass is 10.1. The Bertz CT molecular complexity index is 820. The number of thiazole rings is 1. The van der Waals surface area contributed by atoms with Crippen LogP contribution in [-0.4, -0.2) is 22.5 Å². The van der Waals surface area contributed by atoms with Gasteiger partial charge in [-0.15, -0.1) is 11.3 Å². The molecule has 1 aromatic carbocycles. The first-order valence-electron chi connectivity index (χ1n) is 7.84. The van der Waals surface area contributed by atoms with E-state index in [1.165, 1.54) is 6.07 Å². The van der Waals surface area contributed by atoms with Crippen molar-refractivity contribution in [3.8, 4) is 16.3 Å². The number of aromatic hydroxyl groups is 1. The number of phenols is 1. The molecule has 0 aliphatic carbocycles. The van der Waals surface area contributed by atoms with Crippen LogP contribution < -0.4 is 16.8 Å². The van der Waals surface area contributed by atoms with Gasteiger partial charge in [0, 0.05) is 33.6 Å². The van der Waals surface area contributed by atoms with Crippen LogP contribution in [0.15, 0.2) is 47.9 Å². The van der Waals surface area contributed by atoms with Crippen molar-refractivity contribution in [1.82, 2.24) is 10.3 Å². The van der Waals surface area contributed by atoms with Gasteiger partial charge in [-0.3, -0.25) is 4.79 Å². The van der Waals surface area contributed by atoms with Crippen molar-refractivity contribution in [2.45, 2.75) is 20.3 Å². The number of aromatic nitrogens is 1. The molecule has 25 heavy (non-hydrogen) atoms. The molecule has 0 saturated carbocycles. The summed E-state index contributed by atoms with van der Waals surface area (Å²) in [5, 5.41) is 13.4. The van der Waals surface area contributed by atoms with Crippen LogP contribution in [0.4, 0.5) is 0 Å². The zero-order valence-corrected chi connectivity index (χ0v) is 15.1. The van der Waals surface area contributed by atoms with Gasteiger partial charge in [0.1, 0.15) is 10.8 Å². The fourth-order valence-corrected chi connectivity index (χ4v) is 2.89. The predicted molar refractivity (Wildman–Crippen MR) is 101 cm³/mol. The smallest absolute Gasteiger partial charge is 0.251 e. The monoisotopic (exact) mass is 358 g/mol. The van der Waals surface area contributed by atoms with Crippen LogP contribution in [0.2, 0.25) is 0 Å². The minimum atomic E-state index is -0.325. The van der Waals surface area contributed by atoms with Gasteiger partial charge in [0.2, 0.25) is 0 Å². The second-order valence-corrected chi connectivity index (χ2v) is 6.70. The van der Waals surface area contributed by atoms with Gasteiger partial charge in [0.05, 0.1) is 6.54 Å². The third-order valence-electron chi connectivity index (χ3n) is 3.34. The maximum atomic E-state index is 12.3. The van der Waals surface area contributed by atoms with E-state index in [9.17, 15) is 9.90 Å². The number of carbonyl (C=O) groups is 1. The van der Waals surface area contributed by atoms with Gasteiger partial charge < -0.3 is 21.9 Å². The number of aryl methyl sites for hydroxylation is 1. The van der Waals surface area contributed by atoms with E-state index in [1.807, 2.05) is 6.20 Å². The van der Waals surface area contributed by atoms with E-state index in [4.69, 9.17) is 11.5 Å². The van der Waals surface area contributed by atoms with Crippen LogP contribution in [0.3, 0.4) is 0 Å². The lowest BCUT2D eigenvalue weighted by Crippen LogP contribution is -2.27. The van der Waals surface area contributed by atoms with Gasteiger partial charge in [0.15, 0.2) is 0 Å². The number of hydrogen-bond donors (Lipinski definition) is 4. The summed E-state index contributed by atoms with van der Waals surface area (Å²) < 4.78 is 0. The quantitative estimate of drug-likeness (QED) is 0.592. The summed E-state index contributed by atoms with van der Waals surface area (Å²) in [5.74, 6) is -0.310. The Labute approximate surface area is 150 Å². The molecule has 0 fully saturated rings. The predicted octanol–water partition coefficient (Wildman–Crippen LogP) is 2.51. The molecule has 0 radical (unpaired) electrons. The highest BCUT2D eigenvalue weighted by molar-refractivity contribution is 7.15. The molecule has 6 N–H and O–H groups in total. The number of hydrogen-bond acceptors (Lipinski definition) is 6. The van der Waals surface area contributed by atoms with E-state index in [1.54, 1.807) is 42.5 Å². The molecule has 6 nitrogen and oxygen atoms in total. The highest BCUT2D eigenvalue weighted by atomic mass is 32.1. The van der Waals surface area contributed by atoms with E-state index < -0.39 is 0 Å². The molecule has 0 unspecified atom stereocenters. The van der Waals surface area contributed by atoms with Crippen molar-refractivity contribution in [3.05, 3.63) is 58.4 Å². The van der Waals surface area contributed by atoms with Crippen LogP contribution in [0.1, 0.15) is 29.1 Å². The molecule has 2 aromatic rings. The van der Waals surface area contributed by atoms with Gasteiger partial charge in [-0.1, -0.05) is 6.92 Å². The Hall–Kier alpha value is -2.80. The average Bonchev–Trinajstić information content (AvgIpc) is 3.06. The SMILES string of the molecule is CCc1cnc(-c2cc(O)cc(C(=O)NC/C(N)=C/C=C(/C)N)c2)s1. The Morgan fingerprint density at radius 2 is 2.08 bits per heavy atom. The van der Waals surface area contributed by atoms with Crippen molar-refractivity contribution in [1.29, 1.82) is 0 Å². The van der Waals surface area contributed by atoms with Gasteiger partial charge >= 0.3 is 0 Å². The number of benzene rings is 1. The molecule has 1 amide bonds. The molecule has 0 aliphatic rings. The zero-order valence-electron chi connectivity index (χ0n) is 14.2. The maximum absolute atomic E-state index is 12.3. The minimum absolute atomic E-state index is 0.0149. The average molecular weight is 358 g/mol. The highest BCUT2D eigenvalue weighted by Crippen LogP contribution is 2.29. The third kappa shape index (κ3) is 5.36. The second-order valence-electron chi connectivity index (χ2n) is 5.59. The first-order valence-corrected chi connectivity index (χ1v) is 8.66. The number of carbonyl (C=O) groups excluding carboxylic acids is 1. The minimum Gasteiger partial charge on any atom is -0.508 e. The van der Waals surface area contributed by atoms with Crippen LogP contribution in [0, 0.1) is 0 Å². The maximum Gasteiger partial charge on any atom is 0.251 e. The summed E-state index contributed by atoms with van der Waals surface area (Å²) in [6.45, 7) is 3.99. The number of allylic oxidation sites excluding steroid dienone is 3. The lowest BCUT2D eigenvalue weighted by molar-refractivity contribution is 0.0956. The van der Waals surface area contributed by atoms with E-state index in [-0.39, 0.29) is 18.2 Å². The van der Waals surface area contributed by atoms with E-state index in [0.29, 0.717) is 22.5 Å². The van der Waals surface area contributed by atoms with E-state index >= 15 is 0 Å². The van der Waals surface area contributed by atoms with Gasteiger partial charge in [-0.25, -0.2) is 4.98 Å². The van der Waals surface area contributed by atoms with E-state index in [2.05, 4.69) is 17.2 Å². The van der Waals surface area contributed by atoms with Crippen molar-refractivity contribution in [3.63, 3.8) is 0 Å². The van der Waals surface area contributed by atoms with Crippen LogP contribution in [-0.2, 0) is 6.42 Å². The van der Waals surface area contributed by atoms with Crippen molar-refractivity contribution >= 4 is 17.2 Å². The molecular formula is C18H22N4O2S. The Morgan fingerprint density at radius 3 is 2.72 bits per heavy atom. The molecule has 0 spiro atoms. The number of nitrogens with zero attached hydrogens (tertiary/aromatic N) is 1. The molecule has 0 bridgehead atoms. The molecular weight excluding hydrogens is 336 g/mol. The van der Waals surface area contributed by atoms with Crippen molar-refractivity contribution in [2.75, 3.05) is 6.54 Å². The van der Waals surface area contributed by atoms with Crippen molar-refractivity contribution < 1.29 is 9.90 Å². The first-order chi connectivity index (χ1) is 11.9.